The van der Waals surface area contributed by atoms with E-state index in [1.807, 2.05) is 45.0 Å². The molecular weight excluding hydrogens is 356 g/mol. The Bertz CT molecular complexity index is 524. The van der Waals surface area contributed by atoms with Crippen LogP contribution in [0.15, 0.2) is 28.7 Å². The fourth-order valence-electron chi connectivity index (χ4n) is 2.63. The second kappa shape index (κ2) is 6.65. The van der Waals surface area contributed by atoms with Crippen molar-refractivity contribution in [3.63, 3.8) is 0 Å². The average Bonchev–Trinajstić information content (AvgIpc) is 2.38. The van der Waals surface area contributed by atoms with Gasteiger partial charge in [-0.15, -0.1) is 12.4 Å². The first-order chi connectivity index (χ1) is 9.31. The molecule has 1 saturated carbocycles. The fourth-order valence-corrected chi connectivity index (χ4v) is 3.03. The SMILES string of the molecule is CCOC1CC(N)(C(=O)Nc2cccc(Br)c2)C1(C)C.Cl. The van der Waals surface area contributed by atoms with Crippen LogP contribution in [0.3, 0.4) is 0 Å². The topological polar surface area (TPSA) is 64.3 Å². The van der Waals surface area contributed by atoms with Crippen LogP contribution in [0.5, 0.6) is 0 Å². The minimum Gasteiger partial charge on any atom is -0.378 e. The molecule has 1 aliphatic carbocycles. The maximum Gasteiger partial charge on any atom is 0.245 e. The first-order valence-electron chi connectivity index (χ1n) is 6.79. The molecule has 4 nitrogen and oxygen atoms in total. The van der Waals surface area contributed by atoms with Crippen LogP contribution in [0.25, 0.3) is 0 Å². The highest BCUT2D eigenvalue weighted by Gasteiger charge is 2.62. The number of rotatable bonds is 4. The van der Waals surface area contributed by atoms with Crippen LogP contribution in [-0.2, 0) is 9.53 Å². The van der Waals surface area contributed by atoms with Crippen molar-refractivity contribution < 1.29 is 9.53 Å². The van der Waals surface area contributed by atoms with Crippen molar-refractivity contribution in [1.29, 1.82) is 0 Å². The molecule has 0 heterocycles. The summed E-state index contributed by atoms with van der Waals surface area (Å²) in [6.07, 6.45) is 0.582. The minimum absolute atomic E-state index is 0. The largest absolute Gasteiger partial charge is 0.378 e. The van der Waals surface area contributed by atoms with E-state index in [1.54, 1.807) is 0 Å². The summed E-state index contributed by atoms with van der Waals surface area (Å²) in [6, 6.07) is 7.48. The number of carbonyl (C=O) groups excluding carboxylic acids is 1. The van der Waals surface area contributed by atoms with Crippen LogP contribution < -0.4 is 11.1 Å². The van der Waals surface area contributed by atoms with Gasteiger partial charge in [-0.3, -0.25) is 4.79 Å². The summed E-state index contributed by atoms with van der Waals surface area (Å²) in [7, 11) is 0. The summed E-state index contributed by atoms with van der Waals surface area (Å²) in [6.45, 7) is 6.56. The normalized spacial score (nSPS) is 26.4. The molecular formula is C15H22BrClN2O2. The van der Waals surface area contributed by atoms with Crippen LogP contribution in [-0.4, -0.2) is 24.2 Å². The van der Waals surface area contributed by atoms with Crippen molar-refractivity contribution >= 4 is 39.9 Å². The summed E-state index contributed by atoms with van der Waals surface area (Å²) in [5, 5.41) is 2.89. The van der Waals surface area contributed by atoms with Gasteiger partial charge in [0.05, 0.1) is 6.10 Å². The maximum absolute atomic E-state index is 12.5. The third-order valence-electron chi connectivity index (χ3n) is 4.32. The number of hydrogen-bond donors (Lipinski definition) is 2. The van der Waals surface area contributed by atoms with Crippen molar-refractivity contribution in [2.45, 2.75) is 38.8 Å². The van der Waals surface area contributed by atoms with E-state index < -0.39 is 5.54 Å². The molecule has 6 heteroatoms. The predicted molar refractivity (Wildman–Crippen MR) is 90.8 cm³/mol. The Labute approximate surface area is 140 Å². The lowest BCUT2D eigenvalue weighted by atomic mass is 9.54. The summed E-state index contributed by atoms with van der Waals surface area (Å²) < 4.78 is 6.56. The van der Waals surface area contributed by atoms with E-state index in [-0.39, 0.29) is 29.8 Å². The lowest BCUT2D eigenvalue weighted by molar-refractivity contribution is -0.166. The molecule has 21 heavy (non-hydrogen) atoms. The van der Waals surface area contributed by atoms with Gasteiger partial charge in [0.15, 0.2) is 0 Å². The van der Waals surface area contributed by atoms with Gasteiger partial charge in [-0.05, 0) is 25.1 Å². The number of halogens is 2. The van der Waals surface area contributed by atoms with Gasteiger partial charge in [0.1, 0.15) is 5.54 Å². The van der Waals surface area contributed by atoms with Gasteiger partial charge in [0.25, 0.3) is 0 Å². The van der Waals surface area contributed by atoms with E-state index in [0.717, 1.165) is 10.2 Å². The van der Waals surface area contributed by atoms with E-state index in [4.69, 9.17) is 10.5 Å². The van der Waals surface area contributed by atoms with Gasteiger partial charge in [-0.25, -0.2) is 0 Å². The Morgan fingerprint density at radius 1 is 1.52 bits per heavy atom. The van der Waals surface area contributed by atoms with E-state index in [0.29, 0.717) is 13.0 Å². The van der Waals surface area contributed by atoms with Crippen molar-refractivity contribution in [2.24, 2.45) is 11.1 Å². The monoisotopic (exact) mass is 376 g/mol. The van der Waals surface area contributed by atoms with Crippen LogP contribution >= 0.6 is 28.3 Å². The van der Waals surface area contributed by atoms with Gasteiger partial charge < -0.3 is 15.8 Å². The van der Waals surface area contributed by atoms with E-state index >= 15 is 0 Å². The molecule has 1 fully saturated rings. The van der Waals surface area contributed by atoms with Gasteiger partial charge in [0, 0.05) is 28.6 Å². The summed E-state index contributed by atoms with van der Waals surface area (Å²) in [4.78, 5) is 12.5. The Kier molecular flexibility index (Phi) is 5.83. The molecule has 0 aliphatic heterocycles. The van der Waals surface area contributed by atoms with Gasteiger partial charge in [0.2, 0.25) is 5.91 Å². The molecule has 1 aliphatic rings. The predicted octanol–water partition coefficient (Wildman–Crippen LogP) is 3.34. The number of nitrogens with two attached hydrogens (primary N) is 1. The van der Waals surface area contributed by atoms with E-state index in [9.17, 15) is 4.79 Å². The summed E-state index contributed by atoms with van der Waals surface area (Å²) in [5.41, 5.74) is 5.80. The quantitative estimate of drug-likeness (QED) is 0.846. The molecule has 0 saturated heterocycles. The van der Waals surface area contributed by atoms with E-state index in [2.05, 4.69) is 21.2 Å². The molecule has 0 radical (unpaired) electrons. The Hall–Kier alpha value is -0.620. The van der Waals surface area contributed by atoms with Gasteiger partial charge in [-0.2, -0.15) is 0 Å². The Morgan fingerprint density at radius 2 is 2.19 bits per heavy atom. The Balaban J connectivity index is 0.00000220. The maximum atomic E-state index is 12.5. The molecule has 1 aromatic rings. The molecule has 2 rings (SSSR count). The Morgan fingerprint density at radius 3 is 2.71 bits per heavy atom. The fraction of sp³-hybridized carbons (Fsp3) is 0.533. The van der Waals surface area contributed by atoms with Crippen LogP contribution in [0.1, 0.15) is 27.2 Å². The van der Waals surface area contributed by atoms with Crippen molar-refractivity contribution in [1.82, 2.24) is 0 Å². The zero-order valence-electron chi connectivity index (χ0n) is 12.5. The number of hydrogen-bond acceptors (Lipinski definition) is 3. The van der Waals surface area contributed by atoms with Crippen molar-refractivity contribution in [2.75, 3.05) is 11.9 Å². The first kappa shape index (κ1) is 18.4. The van der Waals surface area contributed by atoms with E-state index in [1.165, 1.54) is 0 Å². The van der Waals surface area contributed by atoms with Crippen LogP contribution in [0, 0.1) is 5.41 Å². The van der Waals surface area contributed by atoms with Crippen LogP contribution in [0.2, 0.25) is 0 Å². The molecule has 0 spiro atoms. The highest BCUT2D eigenvalue weighted by atomic mass is 79.9. The zero-order chi connectivity index (χ0) is 15.0. The molecule has 1 amide bonds. The summed E-state index contributed by atoms with van der Waals surface area (Å²) >= 11 is 3.38. The second-order valence-electron chi connectivity index (χ2n) is 5.81. The number of amides is 1. The molecule has 0 bridgehead atoms. The van der Waals surface area contributed by atoms with Gasteiger partial charge in [-0.1, -0.05) is 35.8 Å². The number of carbonyl (C=O) groups is 1. The summed E-state index contributed by atoms with van der Waals surface area (Å²) in [5.74, 6) is -0.156. The third-order valence-corrected chi connectivity index (χ3v) is 4.81. The number of anilines is 1. The van der Waals surface area contributed by atoms with Crippen LogP contribution in [0.4, 0.5) is 5.69 Å². The average molecular weight is 378 g/mol. The third kappa shape index (κ3) is 3.26. The lowest BCUT2D eigenvalue weighted by Crippen LogP contribution is -2.74. The number of nitrogens with one attached hydrogen (secondary N) is 1. The number of ether oxygens (including phenoxy) is 1. The molecule has 2 atom stereocenters. The standard InChI is InChI=1S/C15H21BrN2O2.ClH/c1-4-20-12-9-15(17,14(12,2)3)13(19)18-11-7-5-6-10(16)8-11;/h5-8,12H,4,9,17H2,1-3H3,(H,18,19);1H. The van der Waals surface area contributed by atoms with Crippen molar-refractivity contribution in [3.8, 4) is 0 Å². The zero-order valence-corrected chi connectivity index (χ0v) is 14.9. The molecule has 2 unspecified atom stereocenters. The highest BCUT2D eigenvalue weighted by Crippen LogP contribution is 2.50. The number of benzene rings is 1. The minimum atomic E-state index is -0.894. The molecule has 118 valence electrons. The molecule has 0 aromatic heterocycles. The second-order valence-corrected chi connectivity index (χ2v) is 6.72. The molecule has 1 aromatic carbocycles. The smallest absolute Gasteiger partial charge is 0.245 e. The highest BCUT2D eigenvalue weighted by molar-refractivity contribution is 9.10. The van der Waals surface area contributed by atoms with Gasteiger partial charge >= 0.3 is 0 Å². The molecule has 3 N–H and O–H groups in total. The lowest BCUT2D eigenvalue weighted by Gasteiger charge is -2.57. The van der Waals surface area contributed by atoms with Crippen molar-refractivity contribution in [3.05, 3.63) is 28.7 Å². The first-order valence-corrected chi connectivity index (χ1v) is 7.58.